The molecule has 0 aliphatic carbocycles. The Labute approximate surface area is 120 Å². The molecule has 2 aromatic heterocycles. The number of aryl methyl sites for hydroxylation is 1. The van der Waals surface area contributed by atoms with Gasteiger partial charge in [-0.3, -0.25) is 4.68 Å². The maximum Gasteiger partial charge on any atom is 0.419 e. The lowest BCUT2D eigenvalue weighted by Gasteiger charge is -2.02. The molecule has 21 heavy (non-hydrogen) atoms. The van der Waals surface area contributed by atoms with E-state index in [0.717, 1.165) is 36.7 Å². The van der Waals surface area contributed by atoms with E-state index >= 15 is 0 Å². The number of alkyl halides is 3. The lowest BCUT2D eigenvalue weighted by Crippen LogP contribution is -2.13. The predicted octanol–water partition coefficient (Wildman–Crippen LogP) is 3.35. The largest absolute Gasteiger partial charge is 0.462 e. The van der Waals surface area contributed by atoms with Crippen molar-refractivity contribution in [2.24, 2.45) is 0 Å². The van der Waals surface area contributed by atoms with Crippen LogP contribution in [0.2, 0.25) is 0 Å². The quantitative estimate of drug-likeness (QED) is 0.832. The molecule has 0 saturated carbocycles. The molecule has 4 nitrogen and oxygen atoms in total. The monoisotopic (exact) mass is 301 g/mol. The average Bonchev–Trinajstić information content (AvgIpc) is 2.97. The topological polar surface area (TPSA) is 43.0 Å². The van der Waals surface area contributed by atoms with Crippen molar-refractivity contribution in [3.63, 3.8) is 0 Å². The van der Waals surface area contributed by atoms with E-state index in [4.69, 9.17) is 4.42 Å². The van der Waals surface area contributed by atoms with Crippen molar-refractivity contribution >= 4 is 0 Å². The molecule has 1 N–H and O–H groups in total. The van der Waals surface area contributed by atoms with E-state index in [9.17, 15) is 13.2 Å². The van der Waals surface area contributed by atoms with Crippen molar-refractivity contribution in [3.8, 4) is 0 Å². The lowest BCUT2D eigenvalue weighted by molar-refractivity contribution is -0.137. The molecule has 0 atom stereocenters. The Morgan fingerprint density at radius 1 is 1.38 bits per heavy atom. The molecule has 2 heterocycles. The smallest absolute Gasteiger partial charge is 0.419 e. The van der Waals surface area contributed by atoms with E-state index in [1.54, 1.807) is 0 Å². The fourth-order valence-electron chi connectivity index (χ4n) is 1.98. The number of rotatable bonds is 6. The van der Waals surface area contributed by atoms with Crippen LogP contribution in [0.15, 0.2) is 22.9 Å². The zero-order valence-corrected chi connectivity index (χ0v) is 12.0. The van der Waals surface area contributed by atoms with Gasteiger partial charge in [0.25, 0.3) is 0 Å². The SMILES string of the molecule is CCCNCc1oc(Cn2cc(C(F)(F)F)cn2)cc1C. The summed E-state index contributed by atoms with van der Waals surface area (Å²) in [6.07, 6.45) is -1.54. The molecule has 0 amide bonds. The third kappa shape index (κ3) is 4.10. The van der Waals surface area contributed by atoms with Gasteiger partial charge in [0.05, 0.1) is 24.8 Å². The molecule has 116 valence electrons. The van der Waals surface area contributed by atoms with Gasteiger partial charge in [-0.2, -0.15) is 18.3 Å². The standard InChI is InChI=1S/C14H18F3N3O/c1-3-4-18-7-13-10(2)5-12(21-13)9-20-8-11(6-19-20)14(15,16)17/h5-6,8,18H,3-4,7,9H2,1-2H3. The second-order valence-corrected chi connectivity index (χ2v) is 4.92. The zero-order valence-electron chi connectivity index (χ0n) is 12.0. The maximum atomic E-state index is 12.5. The molecule has 0 spiro atoms. The van der Waals surface area contributed by atoms with Crippen LogP contribution < -0.4 is 5.32 Å². The van der Waals surface area contributed by atoms with Crippen molar-refractivity contribution in [1.82, 2.24) is 15.1 Å². The first-order chi connectivity index (χ1) is 9.90. The molecule has 0 unspecified atom stereocenters. The first kappa shape index (κ1) is 15.6. The van der Waals surface area contributed by atoms with Gasteiger partial charge in [0, 0.05) is 6.20 Å². The van der Waals surface area contributed by atoms with Crippen LogP contribution in [0.5, 0.6) is 0 Å². The first-order valence-corrected chi connectivity index (χ1v) is 6.78. The molecule has 2 rings (SSSR count). The second-order valence-electron chi connectivity index (χ2n) is 4.92. The Morgan fingerprint density at radius 2 is 2.14 bits per heavy atom. The minimum Gasteiger partial charge on any atom is -0.462 e. The summed E-state index contributed by atoms with van der Waals surface area (Å²) in [7, 11) is 0. The third-order valence-corrected chi connectivity index (χ3v) is 3.06. The summed E-state index contributed by atoms with van der Waals surface area (Å²) in [5.74, 6) is 1.40. The van der Waals surface area contributed by atoms with E-state index in [1.165, 1.54) is 4.68 Å². The number of hydrogen-bond acceptors (Lipinski definition) is 3. The van der Waals surface area contributed by atoms with Crippen LogP contribution in [0.1, 0.15) is 36.0 Å². The molecule has 0 aliphatic heterocycles. The Kier molecular flexibility index (Phi) is 4.72. The highest BCUT2D eigenvalue weighted by Crippen LogP contribution is 2.28. The van der Waals surface area contributed by atoms with E-state index in [-0.39, 0.29) is 6.54 Å². The second kappa shape index (κ2) is 6.34. The van der Waals surface area contributed by atoms with E-state index in [0.29, 0.717) is 12.3 Å². The number of hydrogen-bond donors (Lipinski definition) is 1. The fourth-order valence-corrected chi connectivity index (χ4v) is 1.98. The van der Waals surface area contributed by atoms with Gasteiger partial charge in [-0.15, -0.1) is 0 Å². The summed E-state index contributed by atoms with van der Waals surface area (Å²) in [5, 5.41) is 6.94. The van der Waals surface area contributed by atoms with Crippen LogP contribution >= 0.6 is 0 Å². The summed E-state index contributed by atoms with van der Waals surface area (Å²) in [6, 6.07) is 1.83. The van der Waals surface area contributed by atoms with Crippen LogP contribution in [0, 0.1) is 6.92 Å². The van der Waals surface area contributed by atoms with Crippen molar-refractivity contribution in [1.29, 1.82) is 0 Å². The van der Waals surface area contributed by atoms with Gasteiger partial charge in [0.1, 0.15) is 11.5 Å². The van der Waals surface area contributed by atoms with E-state index in [1.807, 2.05) is 13.0 Å². The highest BCUT2D eigenvalue weighted by Gasteiger charge is 2.32. The number of aromatic nitrogens is 2. The predicted molar refractivity (Wildman–Crippen MR) is 71.8 cm³/mol. The van der Waals surface area contributed by atoms with Gasteiger partial charge in [-0.05, 0) is 31.5 Å². The zero-order chi connectivity index (χ0) is 15.5. The number of nitrogens with one attached hydrogen (secondary N) is 1. The molecule has 2 aromatic rings. The number of nitrogens with zero attached hydrogens (tertiary/aromatic N) is 2. The Bertz CT molecular complexity index is 587. The van der Waals surface area contributed by atoms with Gasteiger partial charge in [0.2, 0.25) is 0 Å². The van der Waals surface area contributed by atoms with Gasteiger partial charge < -0.3 is 9.73 Å². The summed E-state index contributed by atoms with van der Waals surface area (Å²) in [6.45, 7) is 5.68. The molecule has 7 heteroatoms. The Morgan fingerprint density at radius 3 is 2.76 bits per heavy atom. The highest BCUT2D eigenvalue weighted by molar-refractivity contribution is 5.20. The van der Waals surface area contributed by atoms with Gasteiger partial charge >= 0.3 is 6.18 Å². The van der Waals surface area contributed by atoms with Gasteiger partial charge in [0.15, 0.2) is 0 Å². The van der Waals surface area contributed by atoms with Crippen LogP contribution in [-0.4, -0.2) is 16.3 Å². The normalized spacial score (nSPS) is 12.0. The molecule has 0 bridgehead atoms. The van der Waals surface area contributed by atoms with E-state index < -0.39 is 11.7 Å². The first-order valence-electron chi connectivity index (χ1n) is 6.78. The summed E-state index contributed by atoms with van der Waals surface area (Å²) in [4.78, 5) is 0. The third-order valence-electron chi connectivity index (χ3n) is 3.06. The molecule has 0 aliphatic rings. The van der Waals surface area contributed by atoms with Crippen molar-refractivity contribution in [2.45, 2.75) is 39.5 Å². The molecular weight excluding hydrogens is 283 g/mol. The molecule has 0 fully saturated rings. The van der Waals surface area contributed by atoms with Crippen LogP contribution in [0.3, 0.4) is 0 Å². The highest BCUT2D eigenvalue weighted by atomic mass is 19.4. The van der Waals surface area contributed by atoms with Crippen molar-refractivity contribution in [3.05, 3.63) is 41.1 Å². The van der Waals surface area contributed by atoms with Crippen LogP contribution in [-0.2, 0) is 19.3 Å². The minimum absolute atomic E-state index is 0.185. The van der Waals surface area contributed by atoms with E-state index in [2.05, 4.69) is 17.3 Å². The van der Waals surface area contributed by atoms with Crippen molar-refractivity contribution < 1.29 is 17.6 Å². The van der Waals surface area contributed by atoms with Crippen LogP contribution in [0.25, 0.3) is 0 Å². The summed E-state index contributed by atoms with van der Waals surface area (Å²) < 4.78 is 44.4. The van der Waals surface area contributed by atoms with Gasteiger partial charge in [-0.1, -0.05) is 6.92 Å². The maximum absolute atomic E-state index is 12.5. The lowest BCUT2D eigenvalue weighted by atomic mass is 10.2. The Balaban J connectivity index is 2.03. The summed E-state index contributed by atoms with van der Waals surface area (Å²) >= 11 is 0. The number of halogens is 3. The molecule has 0 aromatic carbocycles. The van der Waals surface area contributed by atoms with Gasteiger partial charge in [-0.25, -0.2) is 0 Å². The summed E-state index contributed by atoms with van der Waals surface area (Å²) in [5.41, 5.74) is 0.229. The molecular formula is C14H18F3N3O. The minimum atomic E-state index is -4.37. The number of furan rings is 1. The average molecular weight is 301 g/mol. The fraction of sp³-hybridized carbons (Fsp3) is 0.500. The molecule has 0 radical (unpaired) electrons. The van der Waals surface area contributed by atoms with Crippen LogP contribution in [0.4, 0.5) is 13.2 Å². The Hall–Kier alpha value is -1.76. The van der Waals surface area contributed by atoms with Crippen molar-refractivity contribution in [2.75, 3.05) is 6.54 Å². The molecule has 0 saturated heterocycles.